The number of ether oxygens (including phenoxy) is 2. The molecule has 1 N–H and O–H groups in total. The van der Waals surface area contributed by atoms with Crippen LogP contribution in [0.5, 0.6) is 11.5 Å². The second-order valence-corrected chi connectivity index (χ2v) is 6.88. The number of hydrogen-bond acceptors (Lipinski definition) is 3. The van der Waals surface area contributed by atoms with Crippen molar-refractivity contribution in [3.63, 3.8) is 0 Å². The minimum Gasteiger partial charge on any atom is -0.494 e. The molecule has 0 aromatic heterocycles. The number of anilines is 1. The van der Waals surface area contributed by atoms with Crippen molar-refractivity contribution in [2.24, 2.45) is 5.92 Å². The van der Waals surface area contributed by atoms with Crippen molar-refractivity contribution in [3.8, 4) is 11.5 Å². The van der Waals surface area contributed by atoms with Crippen LogP contribution in [0.2, 0.25) is 0 Å². The molecule has 2 rings (SSSR count). The predicted molar refractivity (Wildman–Crippen MR) is 106 cm³/mol. The zero-order valence-corrected chi connectivity index (χ0v) is 16.1. The molecule has 0 fully saturated rings. The van der Waals surface area contributed by atoms with Crippen molar-refractivity contribution < 1.29 is 14.3 Å². The Kier molecular flexibility index (Phi) is 7.52. The fourth-order valence-electron chi connectivity index (χ4n) is 2.31. The second-order valence-electron chi connectivity index (χ2n) is 6.88. The van der Waals surface area contributed by atoms with Gasteiger partial charge in [0, 0.05) is 17.3 Å². The summed E-state index contributed by atoms with van der Waals surface area (Å²) in [5.41, 5.74) is 1.28. The lowest BCUT2D eigenvalue weighted by molar-refractivity contribution is 0.102. The lowest BCUT2D eigenvalue weighted by Crippen LogP contribution is -2.13. The molecule has 0 aliphatic rings. The Hall–Kier alpha value is -2.49. The van der Waals surface area contributed by atoms with Crippen LogP contribution >= 0.6 is 0 Å². The van der Waals surface area contributed by atoms with Gasteiger partial charge >= 0.3 is 0 Å². The molecule has 1 atom stereocenters. The summed E-state index contributed by atoms with van der Waals surface area (Å²) in [5, 5.41) is 2.92. The highest BCUT2D eigenvalue weighted by atomic mass is 16.5. The Morgan fingerprint density at radius 3 is 2.50 bits per heavy atom. The van der Waals surface area contributed by atoms with E-state index in [4.69, 9.17) is 9.47 Å². The molecule has 1 amide bonds. The maximum atomic E-state index is 12.5. The molecule has 140 valence electrons. The van der Waals surface area contributed by atoms with Gasteiger partial charge in [0.05, 0.1) is 12.7 Å². The van der Waals surface area contributed by atoms with Crippen LogP contribution in [0.1, 0.15) is 50.9 Å². The first-order valence-corrected chi connectivity index (χ1v) is 9.29. The maximum absolute atomic E-state index is 12.5. The molecular formula is C22H29NO3. The van der Waals surface area contributed by atoms with E-state index in [-0.39, 0.29) is 12.0 Å². The molecule has 2 aromatic rings. The number of amides is 1. The lowest BCUT2D eigenvalue weighted by atomic mass is 10.1. The van der Waals surface area contributed by atoms with Crippen LogP contribution in [-0.2, 0) is 0 Å². The monoisotopic (exact) mass is 355 g/mol. The Balaban J connectivity index is 2.00. The molecular weight excluding hydrogens is 326 g/mol. The van der Waals surface area contributed by atoms with Gasteiger partial charge in [0.2, 0.25) is 0 Å². The van der Waals surface area contributed by atoms with Gasteiger partial charge in [-0.15, -0.1) is 0 Å². The summed E-state index contributed by atoms with van der Waals surface area (Å²) in [6, 6.07) is 14.7. The van der Waals surface area contributed by atoms with E-state index in [0.717, 1.165) is 18.6 Å². The summed E-state index contributed by atoms with van der Waals surface area (Å²) in [4.78, 5) is 12.5. The van der Waals surface area contributed by atoms with E-state index >= 15 is 0 Å². The molecule has 0 aliphatic heterocycles. The number of hydrogen-bond donors (Lipinski definition) is 1. The van der Waals surface area contributed by atoms with Gasteiger partial charge in [0.15, 0.2) is 0 Å². The van der Waals surface area contributed by atoms with Crippen LogP contribution in [0.4, 0.5) is 5.69 Å². The minimum absolute atomic E-state index is 0.119. The first kappa shape index (κ1) is 19.8. The fraction of sp³-hybridized carbons (Fsp3) is 0.409. The van der Waals surface area contributed by atoms with Gasteiger partial charge in [0.1, 0.15) is 11.5 Å². The quantitative estimate of drug-likeness (QED) is 0.642. The molecule has 26 heavy (non-hydrogen) atoms. The Morgan fingerprint density at radius 1 is 1.04 bits per heavy atom. The number of rotatable bonds is 9. The molecule has 0 heterocycles. The summed E-state index contributed by atoms with van der Waals surface area (Å²) >= 11 is 0. The fourth-order valence-corrected chi connectivity index (χ4v) is 2.31. The number of carbonyl (C=O) groups is 1. The third-order valence-electron chi connectivity index (χ3n) is 4.06. The average Bonchev–Trinajstić information content (AvgIpc) is 2.62. The molecule has 2 aromatic carbocycles. The van der Waals surface area contributed by atoms with Crippen molar-refractivity contribution in [2.75, 3.05) is 11.9 Å². The highest BCUT2D eigenvalue weighted by Gasteiger charge is 2.09. The van der Waals surface area contributed by atoms with Crippen molar-refractivity contribution in [1.29, 1.82) is 0 Å². The van der Waals surface area contributed by atoms with Crippen LogP contribution in [0.3, 0.4) is 0 Å². The van der Waals surface area contributed by atoms with Gasteiger partial charge in [-0.05, 0) is 56.0 Å². The SMILES string of the molecule is CCC(C)Oc1cccc(C(=O)Nc2cccc(OCCC(C)C)c2)c1. The second kappa shape index (κ2) is 9.85. The zero-order chi connectivity index (χ0) is 18.9. The number of carbonyl (C=O) groups excluding carboxylic acids is 1. The van der Waals surface area contributed by atoms with E-state index in [1.807, 2.05) is 43.3 Å². The summed E-state index contributed by atoms with van der Waals surface area (Å²) in [7, 11) is 0. The van der Waals surface area contributed by atoms with Crippen LogP contribution in [0.15, 0.2) is 48.5 Å². The Morgan fingerprint density at radius 2 is 1.77 bits per heavy atom. The van der Waals surface area contributed by atoms with E-state index in [1.165, 1.54) is 0 Å². The molecule has 4 heteroatoms. The van der Waals surface area contributed by atoms with E-state index in [1.54, 1.807) is 12.1 Å². The molecule has 0 bridgehead atoms. The summed E-state index contributed by atoms with van der Waals surface area (Å²) in [5.74, 6) is 1.90. The first-order valence-electron chi connectivity index (χ1n) is 9.29. The lowest BCUT2D eigenvalue weighted by Gasteiger charge is -2.13. The van der Waals surface area contributed by atoms with Gasteiger partial charge < -0.3 is 14.8 Å². The molecule has 0 spiro atoms. The highest BCUT2D eigenvalue weighted by Crippen LogP contribution is 2.20. The van der Waals surface area contributed by atoms with Crippen LogP contribution < -0.4 is 14.8 Å². The summed E-state index contributed by atoms with van der Waals surface area (Å²) < 4.78 is 11.5. The van der Waals surface area contributed by atoms with Gasteiger partial charge in [-0.2, -0.15) is 0 Å². The average molecular weight is 355 g/mol. The van der Waals surface area contributed by atoms with Crippen LogP contribution in [-0.4, -0.2) is 18.6 Å². The highest BCUT2D eigenvalue weighted by molar-refractivity contribution is 6.04. The van der Waals surface area contributed by atoms with E-state index in [0.29, 0.717) is 29.5 Å². The van der Waals surface area contributed by atoms with Gasteiger partial charge in [-0.3, -0.25) is 4.79 Å². The summed E-state index contributed by atoms with van der Waals surface area (Å²) in [6.07, 6.45) is 2.03. The molecule has 0 saturated heterocycles. The van der Waals surface area contributed by atoms with E-state index < -0.39 is 0 Å². The molecule has 0 saturated carbocycles. The normalized spacial score (nSPS) is 11.9. The van der Waals surface area contributed by atoms with Gasteiger partial charge in [-0.25, -0.2) is 0 Å². The van der Waals surface area contributed by atoms with Crippen LogP contribution in [0, 0.1) is 5.92 Å². The topological polar surface area (TPSA) is 47.6 Å². The van der Waals surface area contributed by atoms with Crippen molar-refractivity contribution in [2.45, 2.75) is 46.6 Å². The standard InChI is InChI=1S/C22H29NO3/c1-5-17(4)26-21-11-6-8-18(14-21)22(24)23-19-9-7-10-20(15-19)25-13-12-16(2)3/h6-11,14-17H,5,12-13H2,1-4H3,(H,23,24). The summed E-state index contributed by atoms with van der Waals surface area (Å²) in [6.45, 7) is 9.08. The van der Waals surface area contributed by atoms with Gasteiger partial charge in [0.25, 0.3) is 5.91 Å². The number of nitrogens with one attached hydrogen (secondary N) is 1. The Labute approximate surface area is 156 Å². The molecule has 4 nitrogen and oxygen atoms in total. The zero-order valence-electron chi connectivity index (χ0n) is 16.1. The maximum Gasteiger partial charge on any atom is 0.255 e. The van der Waals surface area contributed by atoms with E-state index in [9.17, 15) is 4.79 Å². The largest absolute Gasteiger partial charge is 0.494 e. The van der Waals surface area contributed by atoms with Crippen molar-refractivity contribution in [1.82, 2.24) is 0 Å². The first-order chi connectivity index (χ1) is 12.5. The van der Waals surface area contributed by atoms with Crippen LogP contribution in [0.25, 0.3) is 0 Å². The van der Waals surface area contributed by atoms with Crippen molar-refractivity contribution in [3.05, 3.63) is 54.1 Å². The van der Waals surface area contributed by atoms with Crippen molar-refractivity contribution >= 4 is 11.6 Å². The predicted octanol–water partition coefficient (Wildman–Crippen LogP) is 5.54. The molecule has 0 radical (unpaired) electrons. The third kappa shape index (κ3) is 6.43. The van der Waals surface area contributed by atoms with Gasteiger partial charge in [-0.1, -0.05) is 32.9 Å². The third-order valence-corrected chi connectivity index (χ3v) is 4.06. The molecule has 1 unspecified atom stereocenters. The molecule has 0 aliphatic carbocycles. The smallest absolute Gasteiger partial charge is 0.255 e. The Bertz CT molecular complexity index is 712. The minimum atomic E-state index is -0.168. The van der Waals surface area contributed by atoms with E-state index in [2.05, 4.69) is 26.1 Å². The number of benzene rings is 2.